The van der Waals surface area contributed by atoms with E-state index in [1.54, 1.807) is 22.0 Å². The third kappa shape index (κ3) is 4.62. The van der Waals surface area contributed by atoms with Crippen LogP contribution >= 0.6 is 0 Å². The van der Waals surface area contributed by atoms with Crippen LogP contribution in [0.3, 0.4) is 0 Å². The smallest absolute Gasteiger partial charge is 0.305 e. The van der Waals surface area contributed by atoms with Gasteiger partial charge in [0.15, 0.2) is 5.65 Å². The van der Waals surface area contributed by atoms with Gasteiger partial charge in [-0.1, -0.05) is 6.92 Å². The molecule has 132 valence electrons. The Kier molecular flexibility index (Phi) is 6.44. The van der Waals surface area contributed by atoms with E-state index in [0.29, 0.717) is 23.5 Å². The van der Waals surface area contributed by atoms with Crippen LogP contribution in [0, 0.1) is 0 Å². The molecule has 0 radical (unpaired) electrons. The van der Waals surface area contributed by atoms with Crippen LogP contribution in [-0.4, -0.2) is 64.0 Å². The first-order valence-corrected chi connectivity index (χ1v) is 7.78. The molecular weight excluding hydrogens is 314 g/mol. The van der Waals surface area contributed by atoms with Crippen LogP contribution in [0.25, 0.3) is 11.2 Å². The molecule has 0 spiro atoms. The lowest BCUT2D eigenvalue weighted by atomic mass is 10.3. The summed E-state index contributed by atoms with van der Waals surface area (Å²) >= 11 is 0. The third-order valence-corrected chi connectivity index (χ3v) is 3.28. The van der Waals surface area contributed by atoms with Gasteiger partial charge in [0.2, 0.25) is 5.95 Å². The summed E-state index contributed by atoms with van der Waals surface area (Å²) in [5, 5.41) is 9.35. The highest BCUT2D eigenvalue weighted by molar-refractivity contribution is 5.71. The summed E-state index contributed by atoms with van der Waals surface area (Å²) in [4.78, 5) is 26.0. The van der Waals surface area contributed by atoms with Gasteiger partial charge in [0.05, 0.1) is 19.1 Å². The van der Waals surface area contributed by atoms with Crippen LogP contribution in [0.5, 0.6) is 0 Å². The molecule has 24 heavy (non-hydrogen) atoms. The van der Waals surface area contributed by atoms with E-state index in [-0.39, 0.29) is 25.9 Å². The third-order valence-electron chi connectivity index (χ3n) is 3.28. The number of aliphatic hydroxyl groups is 1. The molecule has 0 amide bonds. The lowest BCUT2D eigenvalue weighted by molar-refractivity contribution is -0.150. The van der Waals surface area contributed by atoms with E-state index < -0.39 is 6.10 Å². The highest BCUT2D eigenvalue weighted by Crippen LogP contribution is 2.13. The normalized spacial score (nSPS) is 12.3. The van der Waals surface area contributed by atoms with Gasteiger partial charge in [0, 0.05) is 20.5 Å². The number of aromatic nitrogens is 4. The summed E-state index contributed by atoms with van der Waals surface area (Å²) < 4.78 is 12.4. The number of anilines is 1. The van der Waals surface area contributed by atoms with Gasteiger partial charge >= 0.3 is 5.97 Å². The average molecular weight is 337 g/mol. The van der Waals surface area contributed by atoms with Gasteiger partial charge in [-0.15, -0.1) is 0 Å². The molecule has 2 aromatic heterocycles. The molecule has 2 heterocycles. The fourth-order valence-corrected chi connectivity index (χ4v) is 1.96. The number of carbonyl (C=O) groups is 1. The molecule has 0 aliphatic heterocycles. The second-order valence-electron chi connectivity index (χ2n) is 5.52. The Bertz CT molecular complexity index is 673. The number of imidazole rings is 1. The topological polar surface area (TPSA) is 103 Å². The number of fused-ring (bicyclic) bond motifs is 1. The largest absolute Gasteiger partial charge is 0.463 e. The molecule has 0 saturated heterocycles. The second-order valence-corrected chi connectivity index (χ2v) is 5.52. The molecule has 1 unspecified atom stereocenters. The Morgan fingerprint density at radius 1 is 1.42 bits per heavy atom. The number of hydrogen-bond acceptors (Lipinski definition) is 8. The maximum atomic E-state index is 11.4. The van der Waals surface area contributed by atoms with Crippen molar-refractivity contribution in [2.24, 2.45) is 0 Å². The van der Waals surface area contributed by atoms with Crippen molar-refractivity contribution in [2.45, 2.75) is 32.6 Å². The van der Waals surface area contributed by atoms with Crippen LogP contribution in [-0.2, 0) is 21.0 Å². The van der Waals surface area contributed by atoms with Crippen molar-refractivity contribution < 1.29 is 19.4 Å². The molecule has 2 rings (SSSR count). The van der Waals surface area contributed by atoms with E-state index in [4.69, 9.17) is 9.47 Å². The van der Waals surface area contributed by atoms with E-state index in [2.05, 4.69) is 15.0 Å². The molecule has 0 bridgehead atoms. The summed E-state index contributed by atoms with van der Waals surface area (Å²) in [6, 6.07) is 0. The van der Waals surface area contributed by atoms with Crippen molar-refractivity contribution in [3.8, 4) is 0 Å². The maximum absolute atomic E-state index is 11.4. The first-order chi connectivity index (χ1) is 11.5. The Morgan fingerprint density at radius 3 is 2.88 bits per heavy atom. The standard InChI is InChI=1S/C15H23N5O4/c1-4-5-13(22)23-8-11(7-21)24-10-20-9-17-12-6-16-15(19(2)3)18-14(12)20/h6,9,11,21H,4-5,7-8,10H2,1-3H3. The summed E-state index contributed by atoms with van der Waals surface area (Å²) in [6.07, 6.45) is 3.71. The minimum atomic E-state index is -0.599. The summed E-state index contributed by atoms with van der Waals surface area (Å²) in [6.45, 7) is 1.80. The second kappa shape index (κ2) is 8.55. The molecule has 9 heteroatoms. The molecular formula is C15H23N5O4. The van der Waals surface area contributed by atoms with Crippen molar-refractivity contribution in [1.82, 2.24) is 19.5 Å². The van der Waals surface area contributed by atoms with Gasteiger partial charge in [-0.2, -0.15) is 4.98 Å². The number of nitrogens with zero attached hydrogens (tertiary/aromatic N) is 5. The lowest BCUT2D eigenvalue weighted by Crippen LogP contribution is -2.26. The van der Waals surface area contributed by atoms with E-state index >= 15 is 0 Å². The lowest BCUT2D eigenvalue weighted by Gasteiger charge is -2.16. The van der Waals surface area contributed by atoms with Gasteiger partial charge in [-0.25, -0.2) is 9.97 Å². The fraction of sp³-hybridized carbons (Fsp3) is 0.600. The van der Waals surface area contributed by atoms with Crippen molar-refractivity contribution in [2.75, 3.05) is 32.2 Å². The van der Waals surface area contributed by atoms with Crippen molar-refractivity contribution in [3.05, 3.63) is 12.5 Å². The van der Waals surface area contributed by atoms with Crippen LogP contribution in [0.15, 0.2) is 12.5 Å². The molecule has 0 aliphatic carbocycles. The maximum Gasteiger partial charge on any atom is 0.305 e. The molecule has 0 aliphatic rings. The molecule has 0 aromatic carbocycles. The van der Waals surface area contributed by atoms with Gasteiger partial charge in [-0.05, 0) is 6.42 Å². The monoisotopic (exact) mass is 337 g/mol. The van der Waals surface area contributed by atoms with E-state index in [1.165, 1.54) is 0 Å². The van der Waals surface area contributed by atoms with E-state index in [1.807, 2.05) is 21.0 Å². The summed E-state index contributed by atoms with van der Waals surface area (Å²) in [5.74, 6) is 0.271. The summed E-state index contributed by atoms with van der Waals surface area (Å²) in [7, 11) is 3.70. The predicted molar refractivity (Wildman–Crippen MR) is 87.5 cm³/mol. The highest BCUT2D eigenvalue weighted by Gasteiger charge is 2.13. The number of rotatable bonds is 9. The number of ether oxygens (including phenoxy) is 2. The summed E-state index contributed by atoms with van der Waals surface area (Å²) in [5.41, 5.74) is 1.28. The molecule has 2 aromatic rings. The van der Waals surface area contributed by atoms with Gasteiger partial charge < -0.3 is 19.5 Å². The van der Waals surface area contributed by atoms with Crippen molar-refractivity contribution >= 4 is 23.1 Å². The molecule has 0 fully saturated rings. The minimum Gasteiger partial charge on any atom is -0.463 e. The fourth-order valence-electron chi connectivity index (χ4n) is 1.96. The highest BCUT2D eigenvalue weighted by atomic mass is 16.6. The Hall–Kier alpha value is -2.26. The average Bonchev–Trinajstić information content (AvgIpc) is 2.97. The number of hydrogen-bond donors (Lipinski definition) is 1. The van der Waals surface area contributed by atoms with Crippen molar-refractivity contribution in [1.29, 1.82) is 0 Å². The molecule has 1 atom stereocenters. The first kappa shape index (κ1) is 18.1. The van der Waals surface area contributed by atoms with Crippen LogP contribution in [0.2, 0.25) is 0 Å². The van der Waals surface area contributed by atoms with Crippen LogP contribution < -0.4 is 4.90 Å². The quantitative estimate of drug-likeness (QED) is 0.663. The SMILES string of the molecule is CCCC(=O)OCC(CO)OCn1cnc2cnc(N(C)C)nc21. The zero-order valence-corrected chi connectivity index (χ0v) is 14.2. The zero-order chi connectivity index (χ0) is 17.5. The zero-order valence-electron chi connectivity index (χ0n) is 14.2. The predicted octanol–water partition coefficient (Wildman–Crippen LogP) is 0.571. The van der Waals surface area contributed by atoms with E-state index in [0.717, 1.165) is 6.42 Å². The first-order valence-electron chi connectivity index (χ1n) is 7.78. The van der Waals surface area contributed by atoms with Crippen LogP contribution in [0.4, 0.5) is 5.95 Å². The van der Waals surface area contributed by atoms with Gasteiger partial charge in [-0.3, -0.25) is 9.36 Å². The minimum absolute atomic E-state index is 0.0138. The molecule has 9 nitrogen and oxygen atoms in total. The van der Waals surface area contributed by atoms with Gasteiger partial charge in [0.25, 0.3) is 0 Å². The van der Waals surface area contributed by atoms with E-state index in [9.17, 15) is 9.90 Å². The van der Waals surface area contributed by atoms with Crippen molar-refractivity contribution in [3.63, 3.8) is 0 Å². The van der Waals surface area contributed by atoms with Crippen LogP contribution in [0.1, 0.15) is 19.8 Å². The number of esters is 1. The number of aliphatic hydroxyl groups excluding tert-OH is 1. The Balaban J connectivity index is 1.98. The molecule has 1 N–H and O–H groups in total. The van der Waals surface area contributed by atoms with Gasteiger partial charge in [0.1, 0.15) is 25.0 Å². The number of carbonyl (C=O) groups excluding carboxylic acids is 1. The Morgan fingerprint density at radius 2 is 2.21 bits per heavy atom. The molecule has 0 saturated carbocycles. The Labute approximate surface area is 140 Å².